The van der Waals surface area contributed by atoms with Crippen molar-refractivity contribution in [1.82, 2.24) is 9.71 Å². The Morgan fingerprint density at radius 1 is 1.22 bits per heavy atom. The molecule has 41 heavy (non-hydrogen) atoms. The van der Waals surface area contributed by atoms with Crippen LogP contribution in [0.15, 0.2) is 41.4 Å². The van der Waals surface area contributed by atoms with E-state index < -0.39 is 57.8 Å². The Labute approximate surface area is 241 Å². The molecular weight excluding hydrogens is 589 g/mol. The van der Waals surface area contributed by atoms with Gasteiger partial charge in [-0.1, -0.05) is 18.5 Å². The van der Waals surface area contributed by atoms with E-state index in [0.29, 0.717) is 24.1 Å². The van der Waals surface area contributed by atoms with E-state index in [1.54, 1.807) is 20.8 Å². The van der Waals surface area contributed by atoms with Gasteiger partial charge in [-0.25, -0.2) is 27.7 Å². The van der Waals surface area contributed by atoms with Gasteiger partial charge in [0.25, 0.3) is 10.0 Å². The Morgan fingerprint density at radius 2 is 1.85 bits per heavy atom. The van der Waals surface area contributed by atoms with Gasteiger partial charge in [0.05, 0.1) is 9.92 Å². The van der Waals surface area contributed by atoms with E-state index in [0.717, 1.165) is 0 Å². The minimum atomic E-state index is -4.41. The lowest BCUT2D eigenvalue weighted by atomic mass is 9.68. The van der Waals surface area contributed by atoms with Crippen LogP contribution in [0.25, 0.3) is 0 Å². The van der Waals surface area contributed by atoms with Crippen molar-refractivity contribution in [3.8, 4) is 0 Å². The lowest BCUT2D eigenvalue weighted by molar-refractivity contribution is -0.148. The highest BCUT2D eigenvalue weighted by Crippen LogP contribution is 2.51. The second-order valence-electron chi connectivity index (χ2n) is 11.0. The van der Waals surface area contributed by atoms with Gasteiger partial charge >= 0.3 is 18.4 Å². The molecule has 2 unspecified atom stereocenters. The van der Waals surface area contributed by atoms with E-state index in [9.17, 15) is 31.2 Å². The van der Waals surface area contributed by atoms with Gasteiger partial charge in [-0.05, 0) is 81.8 Å². The normalized spacial score (nSPS) is 20.2. The number of primary amides is 1. The number of halogens is 4. The quantitative estimate of drug-likeness (QED) is 0.317. The van der Waals surface area contributed by atoms with Crippen LogP contribution < -0.4 is 15.8 Å². The van der Waals surface area contributed by atoms with Crippen LogP contribution in [0.4, 0.5) is 34.3 Å². The standard InChI is InChI=1S/C26H32ClF3N4O6S/c1-15(12-26(28,29)30)25(10-9-18(13-25)39-22(31)35)16-11-20(27)21(32-14-16)33-17-5-7-19(8-6-17)41(37,38)34-23(36)40-24(2,3)4/h5-8,11,14-15,18H,9-10,12-13H2,1-4H3,(H2,31,35)(H,32,33)(H,34,36)/t15-,18?,25?/m0/s1. The van der Waals surface area contributed by atoms with Crippen molar-refractivity contribution < 1.29 is 40.7 Å². The molecule has 1 aliphatic carbocycles. The largest absolute Gasteiger partial charge is 0.446 e. The summed E-state index contributed by atoms with van der Waals surface area (Å²) < 4.78 is 76.9. The second-order valence-corrected chi connectivity index (χ2v) is 13.1. The Hall–Kier alpha value is -3.26. The maximum absolute atomic E-state index is 13.3. The topological polar surface area (TPSA) is 150 Å². The molecule has 1 fully saturated rings. The van der Waals surface area contributed by atoms with Crippen LogP contribution in [-0.2, 0) is 24.9 Å². The number of sulfonamides is 1. The van der Waals surface area contributed by atoms with Gasteiger partial charge in [0.1, 0.15) is 17.5 Å². The van der Waals surface area contributed by atoms with Crippen molar-refractivity contribution in [2.75, 3.05) is 5.32 Å². The van der Waals surface area contributed by atoms with Crippen molar-refractivity contribution in [3.63, 3.8) is 0 Å². The van der Waals surface area contributed by atoms with Gasteiger partial charge in [0, 0.05) is 23.7 Å². The fourth-order valence-corrected chi connectivity index (χ4v) is 6.04. The van der Waals surface area contributed by atoms with Crippen LogP contribution in [-0.4, -0.2) is 43.5 Å². The van der Waals surface area contributed by atoms with Crippen molar-refractivity contribution in [2.45, 2.75) is 81.6 Å². The molecule has 10 nitrogen and oxygen atoms in total. The molecule has 226 valence electrons. The SMILES string of the molecule is C[C@@H](CC(F)(F)F)C1(c2cnc(Nc3ccc(S(=O)(=O)NC(=O)OC(C)(C)C)cc3)c(Cl)c2)CCC(OC(N)=O)C1. The number of carbonyl (C=O) groups is 2. The molecule has 4 N–H and O–H groups in total. The molecule has 3 rings (SSSR count). The summed E-state index contributed by atoms with van der Waals surface area (Å²) in [6, 6.07) is 6.88. The number of carbonyl (C=O) groups excluding carboxylic acids is 2. The average molecular weight is 621 g/mol. The summed E-state index contributed by atoms with van der Waals surface area (Å²) in [5.41, 5.74) is 4.10. The van der Waals surface area contributed by atoms with E-state index in [1.165, 1.54) is 43.5 Å². The molecule has 0 bridgehead atoms. The van der Waals surface area contributed by atoms with Crippen LogP contribution >= 0.6 is 11.6 Å². The van der Waals surface area contributed by atoms with Crippen LogP contribution in [0.1, 0.15) is 58.9 Å². The second kappa shape index (κ2) is 11.9. The smallest absolute Gasteiger partial charge is 0.421 e. The number of benzene rings is 1. The summed E-state index contributed by atoms with van der Waals surface area (Å²) >= 11 is 6.48. The predicted molar refractivity (Wildman–Crippen MR) is 145 cm³/mol. The third-order valence-electron chi connectivity index (χ3n) is 6.73. The first kappa shape index (κ1) is 32.3. The van der Waals surface area contributed by atoms with E-state index in [2.05, 4.69) is 10.3 Å². The highest BCUT2D eigenvalue weighted by atomic mass is 35.5. The first-order chi connectivity index (χ1) is 18.8. The molecule has 1 saturated carbocycles. The van der Waals surface area contributed by atoms with Gasteiger partial charge in [-0.2, -0.15) is 13.2 Å². The highest BCUT2D eigenvalue weighted by Gasteiger charge is 2.49. The zero-order valence-electron chi connectivity index (χ0n) is 22.8. The van der Waals surface area contributed by atoms with Crippen LogP contribution in [0, 0.1) is 5.92 Å². The molecule has 0 saturated heterocycles. The number of aromatic nitrogens is 1. The van der Waals surface area contributed by atoms with Crippen LogP contribution in [0.5, 0.6) is 0 Å². The fourth-order valence-electron chi connectivity index (χ4n) is 4.95. The molecule has 0 spiro atoms. The number of nitrogens with zero attached hydrogens (tertiary/aromatic N) is 1. The summed E-state index contributed by atoms with van der Waals surface area (Å²) in [5.74, 6) is -0.691. The van der Waals surface area contributed by atoms with Crippen LogP contribution in [0.2, 0.25) is 5.02 Å². The summed E-state index contributed by atoms with van der Waals surface area (Å²) in [6.07, 6.45) is -6.01. The lowest BCUT2D eigenvalue weighted by Gasteiger charge is -2.37. The predicted octanol–water partition coefficient (Wildman–Crippen LogP) is 6.17. The zero-order chi connectivity index (χ0) is 30.8. The van der Waals surface area contributed by atoms with Gasteiger partial charge < -0.3 is 20.5 Å². The summed E-state index contributed by atoms with van der Waals surface area (Å²) in [4.78, 5) is 27.3. The fraction of sp³-hybridized carbons (Fsp3) is 0.500. The summed E-state index contributed by atoms with van der Waals surface area (Å²) in [6.45, 7) is 6.28. The van der Waals surface area contributed by atoms with E-state index in [1.807, 2.05) is 4.72 Å². The summed E-state index contributed by atoms with van der Waals surface area (Å²) in [5, 5.41) is 3.05. The third kappa shape index (κ3) is 8.62. The minimum Gasteiger partial charge on any atom is -0.446 e. The number of anilines is 2. The molecule has 1 heterocycles. The minimum absolute atomic E-state index is 0.114. The Bertz CT molecular complexity index is 1380. The molecule has 2 amide bonds. The van der Waals surface area contributed by atoms with E-state index >= 15 is 0 Å². The number of pyridine rings is 1. The number of hydrogen-bond acceptors (Lipinski definition) is 8. The van der Waals surface area contributed by atoms with Crippen molar-refractivity contribution in [2.24, 2.45) is 11.7 Å². The molecule has 1 aromatic carbocycles. The molecule has 15 heteroatoms. The maximum Gasteiger partial charge on any atom is 0.421 e. The zero-order valence-corrected chi connectivity index (χ0v) is 24.4. The maximum atomic E-state index is 13.3. The molecule has 0 radical (unpaired) electrons. The lowest BCUT2D eigenvalue weighted by Crippen LogP contribution is -2.36. The monoisotopic (exact) mass is 620 g/mol. The highest BCUT2D eigenvalue weighted by molar-refractivity contribution is 7.90. The first-order valence-corrected chi connectivity index (χ1v) is 14.5. The van der Waals surface area contributed by atoms with Crippen molar-refractivity contribution >= 4 is 45.3 Å². The molecule has 3 atom stereocenters. The average Bonchev–Trinajstić information content (AvgIpc) is 3.22. The number of nitrogens with one attached hydrogen (secondary N) is 2. The van der Waals surface area contributed by atoms with Gasteiger partial charge in [-0.3, -0.25) is 0 Å². The number of amides is 2. The van der Waals surface area contributed by atoms with Crippen molar-refractivity contribution in [3.05, 3.63) is 47.1 Å². The Morgan fingerprint density at radius 3 is 2.39 bits per heavy atom. The number of ether oxygens (including phenoxy) is 2. The van der Waals surface area contributed by atoms with E-state index in [-0.39, 0.29) is 22.2 Å². The number of nitrogens with two attached hydrogens (primary N) is 1. The number of alkyl halides is 3. The number of hydrogen-bond donors (Lipinski definition) is 3. The van der Waals surface area contributed by atoms with Crippen molar-refractivity contribution in [1.29, 1.82) is 0 Å². The molecule has 1 aromatic heterocycles. The molecule has 2 aromatic rings. The molecule has 0 aliphatic heterocycles. The number of rotatable bonds is 8. The van der Waals surface area contributed by atoms with Crippen LogP contribution in [0.3, 0.4) is 0 Å². The Kier molecular flexibility index (Phi) is 9.38. The van der Waals surface area contributed by atoms with Gasteiger partial charge in [0.15, 0.2) is 0 Å². The van der Waals surface area contributed by atoms with Gasteiger partial charge in [0.2, 0.25) is 0 Å². The summed E-state index contributed by atoms with van der Waals surface area (Å²) in [7, 11) is -4.20. The van der Waals surface area contributed by atoms with E-state index in [4.69, 9.17) is 26.8 Å². The Balaban J connectivity index is 1.80. The third-order valence-corrected chi connectivity index (χ3v) is 8.34. The van der Waals surface area contributed by atoms with Gasteiger partial charge in [-0.15, -0.1) is 0 Å². The molecular formula is C26H32ClF3N4O6S. The molecule has 1 aliphatic rings. The first-order valence-electron chi connectivity index (χ1n) is 12.6.